The number of nitrogens with one attached hydrogen (secondary N) is 3. The molecule has 0 fully saturated rings. The summed E-state index contributed by atoms with van der Waals surface area (Å²) < 4.78 is 28.1. The minimum Gasteiger partial charge on any atom is -0.316 e. The van der Waals surface area contributed by atoms with Crippen LogP contribution in [0.25, 0.3) is 16.9 Å². The number of fused-ring (bicyclic) bond motifs is 1. The lowest BCUT2D eigenvalue weighted by Crippen LogP contribution is -2.29. The third-order valence-electron chi connectivity index (χ3n) is 3.99. The van der Waals surface area contributed by atoms with Gasteiger partial charge in [0.1, 0.15) is 0 Å². The monoisotopic (exact) mass is 433 g/mol. The maximum Gasteiger partial charge on any atom is 0.314 e. The lowest BCUT2D eigenvalue weighted by molar-refractivity contribution is 0.600. The van der Waals surface area contributed by atoms with Crippen LogP contribution in [0.3, 0.4) is 0 Å². The van der Waals surface area contributed by atoms with E-state index in [0.29, 0.717) is 11.1 Å². The minimum atomic E-state index is -4.04. The number of benzene rings is 1. The molecule has 0 spiro atoms. The summed E-state index contributed by atoms with van der Waals surface area (Å²) in [7, 11) is -4.04. The maximum atomic E-state index is 12.9. The van der Waals surface area contributed by atoms with Gasteiger partial charge < -0.3 is 9.97 Å². The van der Waals surface area contributed by atoms with Crippen LogP contribution >= 0.6 is 11.6 Å². The average Bonchev–Trinajstić information content (AvgIpc) is 3.16. The summed E-state index contributed by atoms with van der Waals surface area (Å²) in [6, 6.07) is 4.10. The van der Waals surface area contributed by atoms with E-state index < -0.39 is 21.1 Å². The van der Waals surface area contributed by atoms with Crippen molar-refractivity contribution in [3.05, 3.63) is 68.1 Å². The molecule has 0 aliphatic carbocycles. The van der Waals surface area contributed by atoms with Gasteiger partial charge in [-0.05, 0) is 30.7 Å². The Labute approximate surface area is 167 Å². The molecular weight excluding hydrogens is 422 g/mol. The molecule has 29 heavy (non-hydrogen) atoms. The lowest BCUT2D eigenvalue weighted by Gasteiger charge is -2.12. The number of aromatic amines is 2. The molecule has 3 N–H and O–H groups in total. The van der Waals surface area contributed by atoms with E-state index in [-0.39, 0.29) is 26.9 Å². The van der Waals surface area contributed by atoms with Crippen LogP contribution in [0.4, 0.5) is 5.69 Å². The summed E-state index contributed by atoms with van der Waals surface area (Å²) in [4.78, 5) is 32.9. The van der Waals surface area contributed by atoms with Crippen molar-refractivity contribution in [1.29, 1.82) is 0 Å². The van der Waals surface area contributed by atoms with Gasteiger partial charge in [-0.15, -0.1) is 4.80 Å². The van der Waals surface area contributed by atoms with Gasteiger partial charge in [-0.3, -0.25) is 14.3 Å². The predicted octanol–water partition coefficient (Wildman–Crippen LogP) is 0.955. The van der Waals surface area contributed by atoms with Gasteiger partial charge in [0.05, 0.1) is 45.2 Å². The standard InChI is InChI=1S/C16H12ClN7O4S/c1-8-4-11-12(22-16(26)15(25)21-11)6-13(8)29(27,28)23-9-5-10(17)14(18-7-9)24-19-2-3-20-24/h2-7,23H,1H3,(H,21,25)(H,22,26). The Morgan fingerprint density at radius 2 is 1.66 bits per heavy atom. The molecule has 0 saturated heterocycles. The molecule has 4 rings (SSSR count). The van der Waals surface area contributed by atoms with E-state index in [1.54, 1.807) is 6.92 Å². The van der Waals surface area contributed by atoms with Crippen molar-refractivity contribution in [3.8, 4) is 5.82 Å². The number of pyridine rings is 1. The number of hydrogen-bond acceptors (Lipinski definition) is 7. The van der Waals surface area contributed by atoms with Gasteiger partial charge in [-0.1, -0.05) is 11.6 Å². The predicted molar refractivity (Wildman–Crippen MR) is 105 cm³/mol. The number of aryl methyl sites for hydroxylation is 1. The Kier molecular flexibility index (Phi) is 4.43. The highest BCUT2D eigenvalue weighted by Gasteiger charge is 2.20. The Morgan fingerprint density at radius 3 is 2.28 bits per heavy atom. The molecule has 3 aromatic heterocycles. The molecule has 4 aromatic rings. The highest BCUT2D eigenvalue weighted by atomic mass is 35.5. The van der Waals surface area contributed by atoms with Crippen molar-refractivity contribution in [2.75, 3.05) is 4.72 Å². The number of halogens is 1. The molecule has 0 atom stereocenters. The number of sulfonamides is 1. The highest BCUT2D eigenvalue weighted by molar-refractivity contribution is 7.92. The molecule has 0 unspecified atom stereocenters. The summed E-state index contributed by atoms with van der Waals surface area (Å²) in [5, 5.41) is 7.97. The van der Waals surface area contributed by atoms with E-state index in [1.807, 2.05) is 0 Å². The zero-order valence-electron chi connectivity index (χ0n) is 14.7. The second-order valence-electron chi connectivity index (χ2n) is 6.02. The first-order chi connectivity index (χ1) is 13.7. The molecule has 0 aliphatic rings. The number of nitrogens with zero attached hydrogens (tertiary/aromatic N) is 4. The normalized spacial score (nSPS) is 11.7. The summed E-state index contributed by atoms with van der Waals surface area (Å²) in [6.45, 7) is 1.56. The van der Waals surface area contributed by atoms with Crippen molar-refractivity contribution >= 4 is 38.3 Å². The zero-order chi connectivity index (χ0) is 20.8. The lowest BCUT2D eigenvalue weighted by atomic mass is 10.2. The molecule has 1 aromatic carbocycles. The van der Waals surface area contributed by atoms with Crippen LogP contribution in [0.1, 0.15) is 5.56 Å². The number of rotatable bonds is 4. The fraction of sp³-hybridized carbons (Fsp3) is 0.0625. The molecule has 0 saturated carbocycles. The number of anilines is 1. The van der Waals surface area contributed by atoms with Crippen LogP contribution < -0.4 is 15.8 Å². The quantitative estimate of drug-likeness (QED) is 0.404. The first kappa shape index (κ1) is 18.8. The molecule has 0 bridgehead atoms. The molecule has 13 heteroatoms. The van der Waals surface area contributed by atoms with E-state index in [9.17, 15) is 18.0 Å². The summed E-state index contributed by atoms with van der Waals surface area (Å²) in [6.07, 6.45) is 4.18. The van der Waals surface area contributed by atoms with Gasteiger partial charge in [0.15, 0.2) is 5.82 Å². The second kappa shape index (κ2) is 6.83. The molecule has 0 amide bonds. The fourth-order valence-electron chi connectivity index (χ4n) is 2.71. The molecule has 148 valence electrons. The van der Waals surface area contributed by atoms with E-state index in [1.165, 1.54) is 41.6 Å². The van der Waals surface area contributed by atoms with Gasteiger partial charge in [-0.25, -0.2) is 13.4 Å². The van der Waals surface area contributed by atoms with Crippen molar-refractivity contribution in [3.63, 3.8) is 0 Å². The van der Waals surface area contributed by atoms with Crippen molar-refractivity contribution < 1.29 is 8.42 Å². The number of hydrogen-bond donors (Lipinski definition) is 3. The van der Waals surface area contributed by atoms with Crippen LogP contribution in [-0.2, 0) is 10.0 Å². The van der Waals surface area contributed by atoms with Crippen LogP contribution in [-0.4, -0.2) is 38.4 Å². The molecule has 11 nitrogen and oxygen atoms in total. The summed E-state index contributed by atoms with van der Waals surface area (Å²) in [5.74, 6) is 0.239. The Morgan fingerprint density at radius 1 is 1.03 bits per heavy atom. The average molecular weight is 434 g/mol. The highest BCUT2D eigenvalue weighted by Crippen LogP contribution is 2.25. The number of aromatic nitrogens is 6. The first-order valence-electron chi connectivity index (χ1n) is 8.06. The Balaban J connectivity index is 1.73. The van der Waals surface area contributed by atoms with Crippen LogP contribution in [0.15, 0.2) is 51.3 Å². The Bertz CT molecular complexity index is 1460. The van der Waals surface area contributed by atoms with E-state index >= 15 is 0 Å². The smallest absolute Gasteiger partial charge is 0.314 e. The molecular formula is C16H12ClN7O4S. The summed E-state index contributed by atoms with van der Waals surface area (Å²) >= 11 is 6.17. The third-order valence-corrected chi connectivity index (χ3v) is 5.79. The summed E-state index contributed by atoms with van der Waals surface area (Å²) in [5.41, 5.74) is -0.720. The first-order valence-corrected chi connectivity index (χ1v) is 9.93. The molecule has 0 radical (unpaired) electrons. The van der Waals surface area contributed by atoms with Gasteiger partial charge in [0.25, 0.3) is 10.0 Å². The van der Waals surface area contributed by atoms with Gasteiger partial charge in [0, 0.05) is 0 Å². The van der Waals surface area contributed by atoms with E-state index in [0.717, 1.165) is 0 Å². The zero-order valence-corrected chi connectivity index (χ0v) is 16.2. The Hall–Kier alpha value is -3.51. The van der Waals surface area contributed by atoms with Gasteiger partial charge >= 0.3 is 11.1 Å². The van der Waals surface area contributed by atoms with Crippen LogP contribution in [0.2, 0.25) is 5.02 Å². The van der Waals surface area contributed by atoms with Crippen LogP contribution in [0.5, 0.6) is 0 Å². The van der Waals surface area contributed by atoms with Gasteiger partial charge in [0.2, 0.25) is 0 Å². The molecule has 3 heterocycles. The topological polar surface area (TPSA) is 155 Å². The fourth-order valence-corrected chi connectivity index (χ4v) is 4.24. The molecule has 0 aliphatic heterocycles. The SMILES string of the molecule is Cc1cc2[nH]c(=O)c(=O)[nH]c2cc1S(=O)(=O)Nc1cnc(-n2nccn2)c(Cl)c1. The largest absolute Gasteiger partial charge is 0.316 e. The second-order valence-corrected chi connectivity index (χ2v) is 8.08. The minimum absolute atomic E-state index is 0.0818. The van der Waals surface area contributed by atoms with Crippen molar-refractivity contribution in [1.82, 2.24) is 29.9 Å². The van der Waals surface area contributed by atoms with Crippen LogP contribution in [0, 0.1) is 6.92 Å². The van der Waals surface area contributed by atoms with Gasteiger partial charge in [-0.2, -0.15) is 10.2 Å². The van der Waals surface area contributed by atoms with Crippen molar-refractivity contribution in [2.24, 2.45) is 0 Å². The maximum absolute atomic E-state index is 12.9. The third kappa shape index (κ3) is 3.50. The van der Waals surface area contributed by atoms with E-state index in [4.69, 9.17) is 11.6 Å². The number of H-pyrrole nitrogens is 2. The van der Waals surface area contributed by atoms with Crippen molar-refractivity contribution in [2.45, 2.75) is 11.8 Å². The van der Waals surface area contributed by atoms with E-state index in [2.05, 4.69) is 29.9 Å².